The number of aromatic nitrogens is 1. The summed E-state index contributed by atoms with van der Waals surface area (Å²) in [6.07, 6.45) is 0. The predicted molar refractivity (Wildman–Crippen MR) is 211 cm³/mol. The number of rotatable bonds is 5. The third kappa shape index (κ3) is 4.33. The Hall–Kier alpha value is -6.16. The molecule has 0 aliphatic carbocycles. The van der Waals surface area contributed by atoms with E-state index in [9.17, 15) is 0 Å². The Morgan fingerprint density at radius 2 is 1.06 bits per heavy atom. The summed E-state index contributed by atoms with van der Waals surface area (Å²) in [5.74, 6) is 0. The van der Waals surface area contributed by atoms with E-state index in [1.807, 2.05) is 11.3 Å². The maximum absolute atomic E-state index is 2.51. The lowest BCUT2D eigenvalue weighted by Crippen LogP contribution is -2.11. The van der Waals surface area contributed by atoms with Crippen LogP contribution in [0.2, 0.25) is 0 Å². The van der Waals surface area contributed by atoms with Crippen LogP contribution in [-0.4, -0.2) is 4.57 Å². The van der Waals surface area contributed by atoms with E-state index in [1.165, 1.54) is 69.6 Å². The van der Waals surface area contributed by atoms with Gasteiger partial charge < -0.3 is 9.47 Å². The van der Waals surface area contributed by atoms with Gasteiger partial charge in [-0.3, -0.25) is 0 Å². The Kier molecular flexibility index (Phi) is 6.39. The first-order valence-electron chi connectivity index (χ1n) is 16.7. The number of anilines is 3. The minimum absolute atomic E-state index is 1.12. The normalized spacial score (nSPS) is 11.7. The van der Waals surface area contributed by atoms with Crippen molar-refractivity contribution in [2.45, 2.75) is 0 Å². The average Bonchev–Trinajstić information content (AvgIpc) is 3.73. The van der Waals surface area contributed by atoms with Crippen molar-refractivity contribution in [1.29, 1.82) is 0 Å². The van der Waals surface area contributed by atoms with Crippen LogP contribution in [-0.2, 0) is 0 Å². The highest BCUT2D eigenvalue weighted by Crippen LogP contribution is 2.50. The Labute approximate surface area is 288 Å². The van der Waals surface area contributed by atoms with Gasteiger partial charge in [-0.2, -0.15) is 0 Å². The van der Waals surface area contributed by atoms with Crippen molar-refractivity contribution in [2.75, 3.05) is 4.90 Å². The number of nitrogens with zero attached hydrogens (tertiary/aromatic N) is 2. The summed E-state index contributed by atoms with van der Waals surface area (Å²) in [4.78, 5) is 2.47. The van der Waals surface area contributed by atoms with Crippen LogP contribution >= 0.6 is 11.3 Å². The number of thiophene rings is 1. The molecular formula is C46H30N2S. The molecule has 10 aromatic rings. The topological polar surface area (TPSA) is 8.17 Å². The summed E-state index contributed by atoms with van der Waals surface area (Å²) in [5, 5.41) is 7.54. The van der Waals surface area contributed by atoms with Crippen molar-refractivity contribution in [1.82, 2.24) is 4.57 Å². The van der Waals surface area contributed by atoms with Crippen molar-refractivity contribution >= 4 is 81.1 Å². The molecule has 230 valence electrons. The van der Waals surface area contributed by atoms with Gasteiger partial charge in [-0.15, -0.1) is 11.3 Å². The van der Waals surface area contributed by atoms with E-state index in [-0.39, 0.29) is 0 Å². The average molecular weight is 643 g/mol. The molecule has 3 heteroatoms. The lowest BCUT2D eigenvalue weighted by atomic mass is 9.95. The number of para-hydroxylation sites is 3. The van der Waals surface area contributed by atoms with Gasteiger partial charge >= 0.3 is 0 Å². The summed E-state index contributed by atoms with van der Waals surface area (Å²) in [6, 6.07) is 66.1. The van der Waals surface area contributed by atoms with Gasteiger partial charge in [-0.05, 0) is 65.0 Å². The standard InChI is InChI=1S/C46H30N2S/c1-4-16-31(17-5-1)39-30-32-18-10-11-23-35(32)45-43(39)38-26-15-27-40(44(38)48(45)34-21-8-3-9-22-34)47(33-19-6-2-7-20-33)41-28-14-25-37-36-24-12-13-29-42(36)49-46(37)41/h1-30H. The molecule has 0 atom stereocenters. The summed E-state index contributed by atoms with van der Waals surface area (Å²) >= 11 is 1.87. The highest BCUT2D eigenvalue weighted by atomic mass is 32.1. The van der Waals surface area contributed by atoms with Gasteiger partial charge in [0.15, 0.2) is 0 Å². The van der Waals surface area contributed by atoms with E-state index in [2.05, 4.69) is 191 Å². The SMILES string of the molecule is c1ccc(-c2cc3ccccc3c3c2c2cccc(N(c4ccccc4)c4cccc5c4sc4ccccc45)c2n3-c2ccccc2)cc1. The number of hydrogen-bond acceptors (Lipinski definition) is 2. The van der Waals surface area contributed by atoms with Gasteiger partial charge in [0.1, 0.15) is 0 Å². The fourth-order valence-corrected chi connectivity index (χ4v) is 8.87. The predicted octanol–water partition coefficient (Wildman–Crippen LogP) is 13.4. The van der Waals surface area contributed by atoms with Gasteiger partial charge in [0.05, 0.1) is 27.1 Å². The molecule has 2 aromatic heterocycles. The smallest absolute Gasteiger partial charge is 0.0782 e. The molecule has 2 nitrogen and oxygen atoms in total. The Morgan fingerprint density at radius 1 is 0.449 bits per heavy atom. The second-order valence-electron chi connectivity index (χ2n) is 12.5. The van der Waals surface area contributed by atoms with Crippen LogP contribution in [0.4, 0.5) is 17.1 Å². The summed E-state index contributed by atoms with van der Waals surface area (Å²) < 4.78 is 5.09. The molecular weight excluding hydrogens is 613 g/mol. The van der Waals surface area contributed by atoms with Crippen LogP contribution in [0.3, 0.4) is 0 Å². The summed E-state index contributed by atoms with van der Waals surface area (Å²) in [5.41, 5.74) is 9.43. The van der Waals surface area contributed by atoms with E-state index in [4.69, 9.17) is 0 Å². The second-order valence-corrected chi connectivity index (χ2v) is 13.6. The van der Waals surface area contributed by atoms with E-state index in [1.54, 1.807) is 0 Å². The fraction of sp³-hybridized carbons (Fsp3) is 0. The summed E-state index contributed by atoms with van der Waals surface area (Å²) in [6.45, 7) is 0. The molecule has 0 fully saturated rings. The van der Waals surface area contributed by atoms with Crippen molar-refractivity contribution in [2.24, 2.45) is 0 Å². The molecule has 0 aliphatic rings. The highest BCUT2D eigenvalue weighted by molar-refractivity contribution is 7.26. The molecule has 2 heterocycles. The van der Waals surface area contributed by atoms with Crippen LogP contribution in [0, 0.1) is 0 Å². The van der Waals surface area contributed by atoms with Gasteiger partial charge in [0.25, 0.3) is 0 Å². The van der Waals surface area contributed by atoms with Crippen molar-refractivity contribution in [3.63, 3.8) is 0 Å². The first kappa shape index (κ1) is 27.9. The van der Waals surface area contributed by atoms with Crippen molar-refractivity contribution < 1.29 is 0 Å². The van der Waals surface area contributed by atoms with Gasteiger partial charge in [-0.1, -0.05) is 133 Å². The monoisotopic (exact) mass is 642 g/mol. The van der Waals surface area contributed by atoms with E-state index >= 15 is 0 Å². The van der Waals surface area contributed by atoms with Crippen molar-refractivity contribution in [3.8, 4) is 16.8 Å². The van der Waals surface area contributed by atoms with Crippen LogP contribution in [0.5, 0.6) is 0 Å². The molecule has 0 amide bonds. The molecule has 8 aromatic carbocycles. The first-order valence-corrected chi connectivity index (χ1v) is 17.5. The minimum Gasteiger partial charge on any atom is -0.307 e. The molecule has 0 unspecified atom stereocenters. The molecule has 49 heavy (non-hydrogen) atoms. The molecule has 0 saturated carbocycles. The van der Waals surface area contributed by atoms with E-state index < -0.39 is 0 Å². The zero-order valence-corrected chi connectivity index (χ0v) is 27.4. The molecule has 0 N–H and O–H groups in total. The van der Waals surface area contributed by atoms with Crippen LogP contribution < -0.4 is 4.90 Å². The summed E-state index contributed by atoms with van der Waals surface area (Å²) in [7, 11) is 0. The van der Waals surface area contributed by atoms with Gasteiger partial charge in [-0.25, -0.2) is 0 Å². The molecule has 0 saturated heterocycles. The Balaban J connectivity index is 1.41. The molecule has 0 aliphatic heterocycles. The Bertz CT molecular complexity index is 2810. The minimum atomic E-state index is 1.12. The van der Waals surface area contributed by atoms with Crippen LogP contribution in [0.15, 0.2) is 182 Å². The van der Waals surface area contributed by atoms with Crippen molar-refractivity contribution in [3.05, 3.63) is 182 Å². The molecule has 10 rings (SSSR count). The van der Waals surface area contributed by atoms with E-state index in [0.29, 0.717) is 0 Å². The largest absolute Gasteiger partial charge is 0.307 e. The van der Waals surface area contributed by atoms with Crippen LogP contribution in [0.25, 0.3) is 69.6 Å². The zero-order valence-electron chi connectivity index (χ0n) is 26.6. The number of hydrogen-bond donors (Lipinski definition) is 0. The second kappa shape index (κ2) is 11.2. The molecule has 0 bridgehead atoms. The third-order valence-corrected chi connectivity index (χ3v) is 10.9. The maximum atomic E-state index is 2.51. The molecule has 0 radical (unpaired) electrons. The number of benzene rings is 8. The quantitative estimate of drug-likeness (QED) is 0.181. The lowest BCUT2D eigenvalue weighted by molar-refractivity contribution is 1.17. The zero-order chi connectivity index (χ0) is 32.3. The first-order chi connectivity index (χ1) is 24.3. The number of fused-ring (bicyclic) bond motifs is 8. The lowest BCUT2D eigenvalue weighted by Gasteiger charge is -2.27. The Morgan fingerprint density at radius 3 is 1.86 bits per heavy atom. The maximum Gasteiger partial charge on any atom is 0.0782 e. The molecule has 0 spiro atoms. The third-order valence-electron chi connectivity index (χ3n) is 9.73. The van der Waals surface area contributed by atoms with Crippen LogP contribution in [0.1, 0.15) is 0 Å². The fourth-order valence-electron chi connectivity index (χ4n) is 7.67. The van der Waals surface area contributed by atoms with E-state index in [0.717, 1.165) is 17.1 Å². The van der Waals surface area contributed by atoms with Gasteiger partial charge in [0.2, 0.25) is 0 Å². The highest BCUT2D eigenvalue weighted by Gasteiger charge is 2.25. The van der Waals surface area contributed by atoms with Gasteiger partial charge in [0, 0.05) is 43.0 Å².